The molecule has 0 unspecified atom stereocenters. The first-order chi connectivity index (χ1) is 17.2. The number of carbonyl (C=O) groups is 2. The molecule has 2 aromatic carbocycles. The van der Waals surface area contributed by atoms with Crippen LogP contribution < -0.4 is 9.64 Å². The minimum absolute atomic E-state index is 0.0482. The van der Waals surface area contributed by atoms with E-state index in [1.807, 2.05) is 58.3 Å². The summed E-state index contributed by atoms with van der Waals surface area (Å²) in [7, 11) is 0. The van der Waals surface area contributed by atoms with E-state index in [1.165, 1.54) is 5.56 Å². The molecule has 2 aliphatic heterocycles. The van der Waals surface area contributed by atoms with Crippen LogP contribution in [0.25, 0.3) is 0 Å². The summed E-state index contributed by atoms with van der Waals surface area (Å²) >= 11 is 0. The predicted octanol–water partition coefficient (Wildman–Crippen LogP) is 4.93. The Morgan fingerprint density at radius 2 is 1.63 bits per heavy atom. The van der Waals surface area contributed by atoms with Crippen LogP contribution in [0.2, 0.25) is 0 Å². The van der Waals surface area contributed by atoms with Crippen molar-refractivity contribution in [1.82, 2.24) is 9.47 Å². The zero-order valence-electron chi connectivity index (χ0n) is 20.1. The minimum atomic E-state index is 0.0482. The van der Waals surface area contributed by atoms with E-state index in [9.17, 15) is 9.59 Å². The zero-order valence-corrected chi connectivity index (χ0v) is 20.1. The maximum Gasteiger partial charge on any atom is 0.253 e. The third-order valence-corrected chi connectivity index (χ3v) is 7.09. The lowest BCUT2D eigenvalue weighted by atomic mass is 9.95. The van der Waals surface area contributed by atoms with E-state index in [0.717, 1.165) is 50.1 Å². The number of hydrogen-bond acceptors (Lipinski definition) is 3. The second-order valence-electron chi connectivity index (χ2n) is 9.42. The molecule has 1 saturated heterocycles. The van der Waals surface area contributed by atoms with Gasteiger partial charge in [0, 0.05) is 55.7 Å². The van der Waals surface area contributed by atoms with E-state index in [2.05, 4.69) is 29.1 Å². The molecule has 5 rings (SSSR count). The van der Waals surface area contributed by atoms with Crippen molar-refractivity contribution in [2.45, 2.75) is 51.1 Å². The molecule has 0 aliphatic carbocycles. The molecule has 1 aromatic heterocycles. The van der Waals surface area contributed by atoms with Gasteiger partial charge in [-0.2, -0.15) is 0 Å². The van der Waals surface area contributed by atoms with E-state index >= 15 is 0 Å². The maximum atomic E-state index is 13.1. The van der Waals surface area contributed by atoms with Crippen LogP contribution in [0.3, 0.4) is 0 Å². The number of ether oxygens (including phenoxy) is 1. The first-order valence-electron chi connectivity index (χ1n) is 12.7. The van der Waals surface area contributed by atoms with E-state index < -0.39 is 0 Å². The molecule has 2 amide bonds. The van der Waals surface area contributed by atoms with E-state index in [1.54, 1.807) is 0 Å². The molecule has 0 saturated carbocycles. The molecule has 3 aromatic rings. The summed E-state index contributed by atoms with van der Waals surface area (Å²) in [5.41, 5.74) is 2.98. The summed E-state index contributed by atoms with van der Waals surface area (Å²) < 4.78 is 8.03. The summed E-state index contributed by atoms with van der Waals surface area (Å²) in [5.74, 6) is 1.05. The Kier molecular flexibility index (Phi) is 7.17. The van der Waals surface area contributed by atoms with Gasteiger partial charge in [0.1, 0.15) is 5.75 Å². The zero-order chi connectivity index (χ0) is 24.0. The van der Waals surface area contributed by atoms with Crippen LogP contribution >= 0.6 is 0 Å². The van der Waals surface area contributed by atoms with Crippen LogP contribution in [0.5, 0.6) is 5.75 Å². The second-order valence-corrected chi connectivity index (χ2v) is 9.42. The van der Waals surface area contributed by atoms with Crippen molar-refractivity contribution in [3.63, 3.8) is 0 Å². The fourth-order valence-electron chi connectivity index (χ4n) is 5.16. The van der Waals surface area contributed by atoms with Crippen molar-refractivity contribution >= 4 is 17.5 Å². The summed E-state index contributed by atoms with van der Waals surface area (Å²) in [5, 5.41) is 0. The van der Waals surface area contributed by atoms with Crippen molar-refractivity contribution < 1.29 is 14.3 Å². The van der Waals surface area contributed by atoms with Gasteiger partial charge in [0.25, 0.3) is 5.91 Å². The number of carbonyl (C=O) groups excluding carboxylic acids is 2. The topological polar surface area (TPSA) is 54.8 Å². The van der Waals surface area contributed by atoms with Crippen LogP contribution in [-0.2, 0) is 17.8 Å². The molecule has 0 bridgehead atoms. The molecule has 3 heterocycles. The molecule has 182 valence electrons. The molecule has 0 spiro atoms. The van der Waals surface area contributed by atoms with Crippen molar-refractivity contribution in [2.24, 2.45) is 0 Å². The lowest BCUT2D eigenvalue weighted by Gasteiger charge is -2.41. The molecular formula is C29H33N3O3. The van der Waals surface area contributed by atoms with Gasteiger partial charge >= 0.3 is 0 Å². The maximum absolute atomic E-state index is 13.1. The number of hydrogen-bond donors (Lipinski definition) is 0. The van der Waals surface area contributed by atoms with Gasteiger partial charge in [-0.15, -0.1) is 0 Å². The Morgan fingerprint density at radius 1 is 0.886 bits per heavy atom. The van der Waals surface area contributed by atoms with Gasteiger partial charge in [-0.1, -0.05) is 18.2 Å². The average molecular weight is 472 g/mol. The molecule has 2 aliphatic rings. The lowest BCUT2D eigenvalue weighted by molar-refractivity contribution is -0.119. The number of unbranched alkanes of at least 4 members (excludes halogenated alkanes) is 1. The third-order valence-electron chi connectivity index (χ3n) is 7.09. The molecule has 6 heteroatoms. The summed E-state index contributed by atoms with van der Waals surface area (Å²) in [6.45, 7) is 2.99. The van der Waals surface area contributed by atoms with E-state index in [-0.39, 0.29) is 17.9 Å². The van der Waals surface area contributed by atoms with Crippen LogP contribution in [0, 0.1) is 0 Å². The van der Waals surface area contributed by atoms with E-state index in [4.69, 9.17) is 4.74 Å². The monoisotopic (exact) mass is 471 g/mol. The molecule has 6 nitrogen and oxygen atoms in total. The molecule has 0 radical (unpaired) electrons. The fourth-order valence-corrected chi connectivity index (χ4v) is 5.16. The Hall–Kier alpha value is -3.54. The average Bonchev–Trinajstić information content (AvgIpc) is 3.42. The number of aryl methyl sites for hydroxylation is 2. The molecule has 35 heavy (non-hydrogen) atoms. The fraction of sp³-hybridized carbons (Fsp3) is 0.379. The second kappa shape index (κ2) is 10.8. The Balaban J connectivity index is 1.10. The highest BCUT2D eigenvalue weighted by Gasteiger charge is 2.33. The molecule has 1 fully saturated rings. The van der Waals surface area contributed by atoms with Crippen molar-refractivity contribution in [3.8, 4) is 5.75 Å². The highest BCUT2D eigenvalue weighted by molar-refractivity contribution is 5.97. The van der Waals surface area contributed by atoms with Gasteiger partial charge in [0.15, 0.2) is 0 Å². The smallest absolute Gasteiger partial charge is 0.253 e. The van der Waals surface area contributed by atoms with Crippen LogP contribution in [-0.4, -0.2) is 47.0 Å². The number of amides is 2. The number of anilines is 1. The standard InChI is InChI=1S/C29H33N3O3/c33-28-14-11-23-7-1-2-8-27(23)32(28)25-15-20-31(21-16-25)29(34)24-9-12-26(13-10-24)35-22-6-5-19-30-17-3-4-18-30/h1-4,7-10,12-13,17-18,25H,5-6,11,14-16,19-22H2. The number of benzene rings is 2. The van der Waals surface area contributed by atoms with Gasteiger partial charge in [0.05, 0.1) is 6.61 Å². The highest BCUT2D eigenvalue weighted by atomic mass is 16.5. The van der Waals surface area contributed by atoms with Crippen LogP contribution in [0.1, 0.15) is 48.0 Å². The molecular weight excluding hydrogens is 438 g/mol. The third kappa shape index (κ3) is 5.42. The largest absolute Gasteiger partial charge is 0.494 e. The first-order valence-corrected chi connectivity index (χ1v) is 12.7. The number of rotatable bonds is 8. The number of piperidine rings is 1. The Bertz CT molecular complexity index is 1130. The molecule has 0 N–H and O–H groups in total. The van der Waals surface area contributed by atoms with Crippen molar-refractivity contribution in [2.75, 3.05) is 24.6 Å². The number of aromatic nitrogens is 1. The highest BCUT2D eigenvalue weighted by Crippen LogP contribution is 2.32. The summed E-state index contributed by atoms with van der Waals surface area (Å²) in [4.78, 5) is 29.7. The van der Waals surface area contributed by atoms with Gasteiger partial charge in [0.2, 0.25) is 5.91 Å². The number of nitrogens with zero attached hydrogens (tertiary/aromatic N) is 3. The van der Waals surface area contributed by atoms with Gasteiger partial charge in [-0.3, -0.25) is 9.59 Å². The first kappa shape index (κ1) is 23.2. The van der Waals surface area contributed by atoms with Gasteiger partial charge in [-0.25, -0.2) is 0 Å². The SMILES string of the molecule is O=C(c1ccc(OCCCCn2cccc2)cc1)N1CCC(N2C(=O)CCc3ccccc32)CC1. The van der Waals surface area contributed by atoms with E-state index in [0.29, 0.717) is 31.7 Å². The number of fused-ring (bicyclic) bond motifs is 1. The minimum Gasteiger partial charge on any atom is -0.494 e. The summed E-state index contributed by atoms with van der Waals surface area (Å²) in [6.07, 6.45) is 9.18. The number of likely N-dealkylation sites (tertiary alicyclic amines) is 1. The van der Waals surface area contributed by atoms with Crippen molar-refractivity contribution in [3.05, 3.63) is 84.2 Å². The normalized spacial score (nSPS) is 16.3. The Labute approximate surface area is 207 Å². The van der Waals surface area contributed by atoms with Gasteiger partial charge < -0.3 is 19.1 Å². The Morgan fingerprint density at radius 3 is 2.40 bits per heavy atom. The number of para-hydroxylation sites is 1. The predicted molar refractivity (Wildman–Crippen MR) is 137 cm³/mol. The van der Waals surface area contributed by atoms with Crippen LogP contribution in [0.4, 0.5) is 5.69 Å². The lowest BCUT2D eigenvalue weighted by Crippen LogP contribution is -2.50. The summed E-state index contributed by atoms with van der Waals surface area (Å²) in [6, 6.07) is 19.9. The van der Waals surface area contributed by atoms with Crippen LogP contribution in [0.15, 0.2) is 73.1 Å². The molecule has 0 atom stereocenters. The van der Waals surface area contributed by atoms with Gasteiger partial charge in [-0.05, 0) is 80.1 Å². The quantitative estimate of drug-likeness (QED) is 0.438. The van der Waals surface area contributed by atoms with Crippen molar-refractivity contribution in [1.29, 1.82) is 0 Å².